The fourth-order valence-corrected chi connectivity index (χ4v) is 3.58. The maximum Gasteiger partial charge on any atom is 0.0482 e. The quantitative estimate of drug-likeness (QED) is 0.873. The molecule has 20 heavy (non-hydrogen) atoms. The minimum atomic E-state index is 0.165. The molecule has 1 aromatic carbocycles. The molecule has 1 aliphatic heterocycles. The van der Waals surface area contributed by atoms with Crippen LogP contribution in [0.25, 0.3) is 0 Å². The first-order valence-corrected chi connectivity index (χ1v) is 8.22. The van der Waals surface area contributed by atoms with Gasteiger partial charge in [-0.15, -0.1) is 0 Å². The third kappa shape index (κ3) is 4.18. The van der Waals surface area contributed by atoms with Gasteiger partial charge in [-0.05, 0) is 43.5 Å². The molecule has 1 saturated heterocycles. The van der Waals surface area contributed by atoms with Crippen molar-refractivity contribution < 1.29 is 4.74 Å². The molecular formula is C15H22BrClN2O. The molecule has 0 aromatic heterocycles. The second kappa shape index (κ2) is 7.76. The lowest BCUT2D eigenvalue weighted by Gasteiger charge is -2.33. The number of hydrogen-bond donors (Lipinski definition) is 1. The molecule has 1 aliphatic rings. The number of halogens is 2. The monoisotopic (exact) mass is 360 g/mol. The largest absolute Gasteiger partial charge is 0.381 e. The van der Waals surface area contributed by atoms with Crippen molar-refractivity contribution in [2.45, 2.75) is 18.9 Å². The van der Waals surface area contributed by atoms with Crippen molar-refractivity contribution >= 4 is 27.5 Å². The summed E-state index contributed by atoms with van der Waals surface area (Å²) in [4.78, 5) is 2.32. The summed E-state index contributed by atoms with van der Waals surface area (Å²) >= 11 is 9.80. The molecule has 0 spiro atoms. The summed E-state index contributed by atoms with van der Waals surface area (Å²) in [7, 11) is 2.13. The maximum atomic E-state index is 6.36. The highest BCUT2D eigenvalue weighted by molar-refractivity contribution is 9.10. The summed E-state index contributed by atoms with van der Waals surface area (Å²) in [6, 6.07) is 6.18. The fourth-order valence-electron chi connectivity index (χ4n) is 2.78. The Labute approximate surface area is 134 Å². The highest BCUT2D eigenvalue weighted by Gasteiger charge is 2.22. The molecule has 0 radical (unpaired) electrons. The summed E-state index contributed by atoms with van der Waals surface area (Å²) in [5.74, 6) is 0.692. The zero-order chi connectivity index (χ0) is 14.5. The molecule has 3 nitrogen and oxygen atoms in total. The van der Waals surface area contributed by atoms with Gasteiger partial charge in [0.2, 0.25) is 0 Å². The number of rotatable bonds is 5. The lowest BCUT2D eigenvalue weighted by atomic mass is 9.98. The first-order valence-electron chi connectivity index (χ1n) is 7.04. The molecule has 1 aromatic rings. The van der Waals surface area contributed by atoms with Crippen LogP contribution < -0.4 is 5.73 Å². The van der Waals surface area contributed by atoms with E-state index in [0.29, 0.717) is 12.5 Å². The molecular weight excluding hydrogens is 340 g/mol. The van der Waals surface area contributed by atoms with Crippen LogP contribution >= 0.6 is 27.5 Å². The Kier molecular flexibility index (Phi) is 6.30. The van der Waals surface area contributed by atoms with Gasteiger partial charge in [-0.1, -0.05) is 33.6 Å². The van der Waals surface area contributed by atoms with E-state index in [4.69, 9.17) is 22.1 Å². The van der Waals surface area contributed by atoms with Gasteiger partial charge in [-0.3, -0.25) is 4.90 Å². The molecule has 2 N–H and O–H groups in total. The molecule has 1 heterocycles. The average molecular weight is 362 g/mol. The lowest BCUT2D eigenvalue weighted by molar-refractivity contribution is 0.0507. The average Bonchev–Trinajstić information content (AvgIpc) is 2.43. The zero-order valence-electron chi connectivity index (χ0n) is 11.8. The second-order valence-electron chi connectivity index (χ2n) is 5.41. The van der Waals surface area contributed by atoms with Crippen molar-refractivity contribution in [3.63, 3.8) is 0 Å². The molecule has 0 saturated carbocycles. The van der Waals surface area contributed by atoms with Crippen LogP contribution in [0.5, 0.6) is 0 Å². The van der Waals surface area contributed by atoms with Gasteiger partial charge in [0.15, 0.2) is 0 Å². The molecule has 5 heteroatoms. The lowest BCUT2D eigenvalue weighted by Crippen LogP contribution is -2.36. The number of likely N-dealkylation sites (N-methyl/N-ethyl adjacent to an activating group) is 1. The van der Waals surface area contributed by atoms with E-state index in [-0.39, 0.29) is 6.04 Å². The number of hydrogen-bond acceptors (Lipinski definition) is 3. The van der Waals surface area contributed by atoms with E-state index in [9.17, 15) is 0 Å². The molecule has 112 valence electrons. The highest BCUT2D eigenvalue weighted by atomic mass is 79.9. The van der Waals surface area contributed by atoms with Crippen LogP contribution in [0.4, 0.5) is 0 Å². The van der Waals surface area contributed by atoms with E-state index < -0.39 is 0 Å². The van der Waals surface area contributed by atoms with Gasteiger partial charge in [0, 0.05) is 41.8 Å². The van der Waals surface area contributed by atoms with E-state index in [1.807, 2.05) is 12.1 Å². The van der Waals surface area contributed by atoms with Crippen LogP contribution in [0.2, 0.25) is 5.02 Å². The van der Waals surface area contributed by atoms with Gasteiger partial charge in [-0.2, -0.15) is 0 Å². The Balaban J connectivity index is 2.06. The van der Waals surface area contributed by atoms with Crippen LogP contribution in [-0.4, -0.2) is 38.3 Å². The second-order valence-corrected chi connectivity index (χ2v) is 6.74. The van der Waals surface area contributed by atoms with Gasteiger partial charge < -0.3 is 10.5 Å². The van der Waals surface area contributed by atoms with Crippen LogP contribution in [0.3, 0.4) is 0 Å². The fraction of sp³-hybridized carbons (Fsp3) is 0.600. The highest BCUT2D eigenvalue weighted by Crippen LogP contribution is 2.30. The molecule has 1 atom stereocenters. The van der Waals surface area contributed by atoms with Crippen molar-refractivity contribution in [3.8, 4) is 0 Å². The normalized spacial score (nSPS) is 18.4. The van der Waals surface area contributed by atoms with Crippen LogP contribution in [0, 0.1) is 5.92 Å². The topological polar surface area (TPSA) is 38.5 Å². The van der Waals surface area contributed by atoms with Gasteiger partial charge in [0.25, 0.3) is 0 Å². The molecule has 0 bridgehead atoms. The smallest absolute Gasteiger partial charge is 0.0482 e. The molecule has 0 aliphatic carbocycles. The Hall–Kier alpha value is -0.130. The maximum absolute atomic E-state index is 6.36. The van der Waals surface area contributed by atoms with E-state index in [1.54, 1.807) is 0 Å². The van der Waals surface area contributed by atoms with E-state index in [1.165, 1.54) is 0 Å². The first-order chi connectivity index (χ1) is 9.61. The summed E-state index contributed by atoms with van der Waals surface area (Å²) in [6.07, 6.45) is 2.27. The summed E-state index contributed by atoms with van der Waals surface area (Å²) in [5.41, 5.74) is 7.08. The molecule has 2 rings (SSSR count). The summed E-state index contributed by atoms with van der Waals surface area (Å²) < 4.78 is 6.41. The number of ether oxygens (including phenoxy) is 1. The summed E-state index contributed by atoms with van der Waals surface area (Å²) in [5, 5.41) is 0.772. The minimum absolute atomic E-state index is 0.165. The van der Waals surface area contributed by atoms with Gasteiger partial charge in [0.1, 0.15) is 0 Å². The van der Waals surface area contributed by atoms with Crippen molar-refractivity contribution in [3.05, 3.63) is 33.3 Å². The van der Waals surface area contributed by atoms with Crippen molar-refractivity contribution in [1.29, 1.82) is 0 Å². The SMILES string of the molecule is CN(CC1CCOCC1)C(CN)c1ccc(Br)cc1Cl. The molecule has 0 amide bonds. The van der Waals surface area contributed by atoms with Gasteiger partial charge >= 0.3 is 0 Å². The Morgan fingerprint density at radius 1 is 1.45 bits per heavy atom. The molecule has 1 unspecified atom stereocenters. The van der Waals surface area contributed by atoms with Crippen molar-refractivity contribution in [2.24, 2.45) is 11.7 Å². The van der Waals surface area contributed by atoms with Crippen LogP contribution in [-0.2, 0) is 4.74 Å². The van der Waals surface area contributed by atoms with E-state index >= 15 is 0 Å². The predicted molar refractivity (Wildman–Crippen MR) is 87.1 cm³/mol. The molecule has 1 fully saturated rings. The number of nitrogens with zero attached hydrogens (tertiary/aromatic N) is 1. The number of benzene rings is 1. The van der Waals surface area contributed by atoms with E-state index in [0.717, 1.165) is 47.7 Å². The van der Waals surface area contributed by atoms with Crippen LogP contribution in [0.15, 0.2) is 22.7 Å². The van der Waals surface area contributed by atoms with Crippen molar-refractivity contribution in [2.75, 3.05) is 33.4 Å². The first kappa shape index (κ1) is 16.2. The predicted octanol–water partition coefficient (Wildman–Crippen LogP) is 3.46. The zero-order valence-corrected chi connectivity index (χ0v) is 14.2. The van der Waals surface area contributed by atoms with Gasteiger partial charge in [0.05, 0.1) is 0 Å². The van der Waals surface area contributed by atoms with Crippen molar-refractivity contribution in [1.82, 2.24) is 4.90 Å². The Bertz CT molecular complexity index is 438. The van der Waals surface area contributed by atoms with Crippen LogP contribution in [0.1, 0.15) is 24.4 Å². The Morgan fingerprint density at radius 2 is 2.15 bits per heavy atom. The number of nitrogens with two attached hydrogens (primary N) is 1. The minimum Gasteiger partial charge on any atom is -0.381 e. The standard InChI is InChI=1S/C15H22BrClN2O/c1-19(10-11-4-6-20-7-5-11)15(9-18)13-3-2-12(16)8-14(13)17/h2-3,8,11,15H,4-7,9-10,18H2,1H3. The third-order valence-corrected chi connectivity index (χ3v) is 4.78. The summed E-state index contributed by atoms with van der Waals surface area (Å²) in [6.45, 7) is 3.37. The third-order valence-electron chi connectivity index (χ3n) is 3.96. The Morgan fingerprint density at radius 3 is 2.75 bits per heavy atom. The van der Waals surface area contributed by atoms with E-state index in [2.05, 4.69) is 33.9 Å². The van der Waals surface area contributed by atoms with Gasteiger partial charge in [-0.25, -0.2) is 0 Å².